The topological polar surface area (TPSA) is 74.7 Å². The van der Waals surface area contributed by atoms with Crippen LogP contribution < -0.4 is 11.2 Å². The Balaban J connectivity index is 0.000000595. The second kappa shape index (κ2) is 6.02. The van der Waals surface area contributed by atoms with Gasteiger partial charge in [0.15, 0.2) is 0 Å². The van der Waals surface area contributed by atoms with Gasteiger partial charge in [-0.2, -0.15) is 0 Å². The molecular weight excluding hydrogens is 293 g/mol. The van der Waals surface area contributed by atoms with Gasteiger partial charge in [0.1, 0.15) is 11.3 Å². The number of aryl methyl sites for hydroxylation is 2. The molecule has 124 valence electrons. The van der Waals surface area contributed by atoms with E-state index in [9.17, 15) is 0 Å². The van der Waals surface area contributed by atoms with Crippen LogP contribution in [0.4, 0.5) is 0 Å². The molecule has 6 heteroatoms. The lowest BCUT2D eigenvalue weighted by Crippen LogP contribution is -2.41. The molecular formula is C17H24BNO4. The molecule has 1 amide bonds. The molecule has 1 aromatic heterocycles. The number of primary amides is 1. The summed E-state index contributed by atoms with van der Waals surface area (Å²) in [6, 6.07) is 6.17. The van der Waals surface area contributed by atoms with Gasteiger partial charge in [0, 0.05) is 5.39 Å². The average Bonchev–Trinajstić information content (AvgIpc) is 2.84. The van der Waals surface area contributed by atoms with Crippen molar-refractivity contribution in [1.82, 2.24) is 0 Å². The van der Waals surface area contributed by atoms with Crippen LogP contribution in [0.3, 0.4) is 0 Å². The maximum atomic E-state index is 8.58. The molecule has 0 unspecified atom stereocenters. The molecule has 0 aliphatic carbocycles. The van der Waals surface area contributed by atoms with Crippen LogP contribution in [0.1, 0.15) is 39.0 Å². The van der Waals surface area contributed by atoms with Gasteiger partial charge in [-0.3, -0.25) is 4.79 Å². The van der Waals surface area contributed by atoms with Crippen molar-refractivity contribution in [2.24, 2.45) is 5.73 Å². The zero-order valence-electron chi connectivity index (χ0n) is 14.6. The number of furan rings is 1. The van der Waals surface area contributed by atoms with E-state index in [0.717, 1.165) is 22.2 Å². The van der Waals surface area contributed by atoms with Crippen molar-refractivity contribution in [3.05, 3.63) is 29.5 Å². The minimum Gasteiger partial charge on any atom is -0.461 e. The van der Waals surface area contributed by atoms with Crippen LogP contribution in [-0.2, 0) is 14.1 Å². The van der Waals surface area contributed by atoms with Crippen LogP contribution in [0, 0.1) is 13.8 Å². The van der Waals surface area contributed by atoms with E-state index in [-0.39, 0.29) is 24.7 Å². The van der Waals surface area contributed by atoms with Crippen LogP contribution in [0.15, 0.2) is 22.6 Å². The highest BCUT2D eigenvalue weighted by molar-refractivity contribution is 6.62. The molecule has 1 aliphatic heterocycles. The summed E-state index contributed by atoms with van der Waals surface area (Å²) in [7, 11) is -0.338. The van der Waals surface area contributed by atoms with Gasteiger partial charge in [-0.1, -0.05) is 12.1 Å². The lowest BCUT2D eigenvalue weighted by molar-refractivity contribution is -0.106. The van der Waals surface area contributed by atoms with Crippen molar-refractivity contribution < 1.29 is 18.5 Å². The Bertz CT molecular complexity index is 705. The molecule has 1 aliphatic rings. The Morgan fingerprint density at radius 2 is 1.61 bits per heavy atom. The molecule has 0 spiro atoms. The quantitative estimate of drug-likeness (QED) is 0.647. The monoisotopic (exact) mass is 317 g/mol. The zero-order chi connectivity index (χ0) is 17.4. The highest BCUT2D eigenvalue weighted by atomic mass is 16.7. The van der Waals surface area contributed by atoms with Gasteiger partial charge in [0.05, 0.1) is 11.2 Å². The summed E-state index contributed by atoms with van der Waals surface area (Å²) in [6.07, 6.45) is 0.250. The predicted octanol–water partition coefficient (Wildman–Crippen LogP) is 2.45. The van der Waals surface area contributed by atoms with E-state index in [1.807, 2.05) is 13.0 Å². The lowest BCUT2D eigenvalue weighted by atomic mass is 9.79. The number of fused-ring (bicyclic) bond motifs is 1. The van der Waals surface area contributed by atoms with Crippen molar-refractivity contribution in [3.8, 4) is 0 Å². The SMILES string of the molecule is Cc1oc2cc(B3OC(C)(C)C(C)(C)O3)ccc2c1C.NC=O. The summed E-state index contributed by atoms with van der Waals surface area (Å²) >= 11 is 0. The number of carbonyl (C=O) groups is 1. The number of hydrogen-bond acceptors (Lipinski definition) is 4. The summed E-state index contributed by atoms with van der Waals surface area (Å²) in [4.78, 5) is 8.58. The first-order valence-corrected chi connectivity index (χ1v) is 7.63. The summed E-state index contributed by atoms with van der Waals surface area (Å²) in [5.74, 6) is 0.964. The van der Waals surface area contributed by atoms with Gasteiger partial charge in [-0.05, 0) is 58.6 Å². The summed E-state index contributed by atoms with van der Waals surface area (Å²) in [5, 5.41) is 1.16. The molecule has 2 heterocycles. The van der Waals surface area contributed by atoms with E-state index in [1.165, 1.54) is 5.56 Å². The maximum Gasteiger partial charge on any atom is 0.494 e. The minimum absolute atomic E-state index is 0.250. The first-order valence-electron chi connectivity index (χ1n) is 7.63. The van der Waals surface area contributed by atoms with Crippen molar-refractivity contribution in [2.45, 2.75) is 52.7 Å². The molecule has 0 atom stereocenters. The highest BCUT2D eigenvalue weighted by Gasteiger charge is 2.51. The zero-order valence-corrected chi connectivity index (χ0v) is 14.6. The highest BCUT2D eigenvalue weighted by Crippen LogP contribution is 2.36. The maximum absolute atomic E-state index is 8.58. The molecule has 0 saturated carbocycles. The molecule has 2 N–H and O–H groups in total. The summed E-state index contributed by atoms with van der Waals surface area (Å²) < 4.78 is 17.9. The van der Waals surface area contributed by atoms with Crippen LogP contribution in [0.25, 0.3) is 11.0 Å². The van der Waals surface area contributed by atoms with Crippen LogP contribution in [-0.4, -0.2) is 24.7 Å². The first-order chi connectivity index (χ1) is 10.6. The summed E-state index contributed by atoms with van der Waals surface area (Å²) in [6.45, 7) is 12.3. The first kappa shape index (κ1) is 17.6. The second-order valence-corrected chi connectivity index (χ2v) is 6.76. The van der Waals surface area contributed by atoms with Gasteiger partial charge in [-0.25, -0.2) is 0 Å². The fourth-order valence-corrected chi connectivity index (χ4v) is 2.49. The van der Waals surface area contributed by atoms with Crippen LogP contribution >= 0.6 is 0 Å². The summed E-state index contributed by atoms with van der Waals surface area (Å²) in [5.41, 5.74) is 6.63. The number of hydrogen-bond donors (Lipinski definition) is 1. The third kappa shape index (κ3) is 3.14. The molecule has 1 fully saturated rings. The van der Waals surface area contributed by atoms with Crippen molar-refractivity contribution in [1.29, 1.82) is 0 Å². The Morgan fingerprint density at radius 1 is 1.09 bits per heavy atom. The van der Waals surface area contributed by atoms with E-state index in [0.29, 0.717) is 0 Å². The third-order valence-corrected chi connectivity index (χ3v) is 4.73. The average molecular weight is 317 g/mol. The Kier molecular flexibility index (Phi) is 4.60. The van der Waals surface area contributed by atoms with Crippen molar-refractivity contribution >= 4 is 30.0 Å². The Labute approximate surface area is 137 Å². The largest absolute Gasteiger partial charge is 0.494 e. The second-order valence-electron chi connectivity index (χ2n) is 6.76. The van der Waals surface area contributed by atoms with Crippen LogP contribution in [0.2, 0.25) is 0 Å². The van der Waals surface area contributed by atoms with Crippen molar-refractivity contribution in [3.63, 3.8) is 0 Å². The van der Waals surface area contributed by atoms with Gasteiger partial charge < -0.3 is 19.5 Å². The van der Waals surface area contributed by atoms with Gasteiger partial charge in [0.25, 0.3) is 0 Å². The van der Waals surface area contributed by atoms with E-state index in [4.69, 9.17) is 18.5 Å². The predicted molar refractivity (Wildman–Crippen MR) is 91.7 cm³/mol. The Hall–Kier alpha value is -1.79. The van der Waals surface area contributed by atoms with E-state index in [2.05, 4.69) is 52.5 Å². The minimum atomic E-state index is -0.338. The number of nitrogens with two attached hydrogens (primary N) is 1. The molecule has 1 saturated heterocycles. The number of amides is 1. The number of carbonyl (C=O) groups excluding carboxylic acids is 1. The molecule has 5 nitrogen and oxygen atoms in total. The molecule has 0 radical (unpaired) electrons. The fraction of sp³-hybridized carbons (Fsp3) is 0.471. The smallest absolute Gasteiger partial charge is 0.461 e. The fourth-order valence-electron chi connectivity index (χ4n) is 2.49. The molecule has 2 aromatic rings. The third-order valence-electron chi connectivity index (χ3n) is 4.73. The van der Waals surface area contributed by atoms with Gasteiger partial charge in [0.2, 0.25) is 6.41 Å². The number of benzene rings is 1. The standard InChI is InChI=1S/C16H21BO3.CH3NO/c1-10-11(2)18-14-9-12(7-8-13(10)14)17-19-15(3,4)16(5,6)20-17;2-1-3/h7-9H,1-6H3;1H,(H2,2,3). The van der Waals surface area contributed by atoms with E-state index in [1.54, 1.807) is 0 Å². The molecule has 3 rings (SSSR count). The van der Waals surface area contributed by atoms with E-state index < -0.39 is 0 Å². The molecule has 1 aromatic carbocycles. The Morgan fingerprint density at radius 3 is 2.13 bits per heavy atom. The van der Waals surface area contributed by atoms with Gasteiger partial charge >= 0.3 is 7.12 Å². The van der Waals surface area contributed by atoms with Crippen LogP contribution in [0.5, 0.6) is 0 Å². The normalized spacial score (nSPS) is 18.6. The van der Waals surface area contributed by atoms with E-state index >= 15 is 0 Å². The van der Waals surface area contributed by atoms with Crippen molar-refractivity contribution in [2.75, 3.05) is 0 Å². The lowest BCUT2D eigenvalue weighted by Gasteiger charge is -2.32. The molecule has 23 heavy (non-hydrogen) atoms. The molecule has 0 bridgehead atoms. The van der Waals surface area contributed by atoms with Gasteiger partial charge in [-0.15, -0.1) is 0 Å². The number of rotatable bonds is 1.